The molecule has 32 heavy (non-hydrogen) atoms. The number of halogens is 1. The van der Waals surface area contributed by atoms with Gasteiger partial charge in [0.05, 0.1) is 11.1 Å². The summed E-state index contributed by atoms with van der Waals surface area (Å²) in [6.07, 6.45) is 2.42. The lowest BCUT2D eigenvalue weighted by Gasteiger charge is -2.26. The Morgan fingerprint density at radius 2 is 2.00 bits per heavy atom. The Morgan fingerprint density at radius 1 is 1.25 bits per heavy atom. The quantitative estimate of drug-likeness (QED) is 0.475. The number of carbonyl (C=O) groups is 1. The molecule has 0 aliphatic carbocycles. The van der Waals surface area contributed by atoms with E-state index in [0.29, 0.717) is 25.1 Å². The van der Waals surface area contributed by atoms with Gasteiger partial charge in [-0.1, -0.05) is 49.7 Å². The third kappa shape index (κ3) is 6.47. The highest BCUT2D eigenvalue weighted by molar-refractivity contribution is 7.87. The minimum Gasteiger partial charge on any atom is -0.379 e. The lowest BCUT2D eigenvalue weighted by atomic mass is 10.1. The van der Waals surface area contributed by atoms with Crippen LogP contribution in [0.25, 0.3) is 0 Å². The second-order valence-electron chi connectivity index (χ2n) is 8.58. The van der Waals surface area contributed by atoms with E-state index in [1.165, 1.54) is 6.07 Å². The number of ether oxygens (including phenoxy) is 1. The summed E-state index contributed by atoms with van der Waals surface area (Å²) in [4.78, 5) is 14.6. The fraction of sp³-hybridized carbons (Fsp3) is 0.458. The smallest absolute Gasteiger partial charge is 0.340 e. The van der Waals surface area contributed by atoms with E-state index in [1.807, 2.05) is 19.9 Å². The number of benzene rings is 2. The molecule has 8 heteroatoms. The van der Waals surface area contributed by atoms with Crippen LogP contribution in [0.4, 0.5) is 0 Å². The average Bonchev–Trinajstić information content (AvgIpc) is 3.19. The monoisotopic (exact) mass is 479 g/mol. The minimum absolute atomic E-state index is 0.0362. The van der Waals surface area contributed by atoms with E-state index in [-0.39, 0.29) is 33.6 Å². The van der Waals surface area contributed by atoms with Crippen LogP contribution in [0.3, 0.4) is 0 Å². The maximum absolute atomic E-state index is 12.8. The molecular weight excluding hydrogens is 450 g/mol. The van der Waals surface area contributed by atoms with Gasteiger partial charge in [-0.3, -0.25) is 4.79 Å². The lowest BCUT2D eigenvalue weighted by molar-refractivity contribution is -0.134. The first kappa shape index (κ1) is 24.6. The summed E-state index contributed by atoms with van der Waals surface area (Å²) in [5.74, 6) is 0.476. The molecule has 0 bridgehead atoms. The summed E-state index contributed by atoms with van der Waals surface area (Å²) < 4.78 is 36.8. The molecule has 2 aromatic rings. The Bertz CT molecular complexity index is 1030. The van der Waals surface area contributed by atoms with Crippen molar-refractivity contribution in [1.82, 2.24) is 4.90 Å². The highest BCUT2D eigenvalue weighted by Gasteiger charge is 2.25. The average molecular weight is 480 g/mol. The molecule has 0 N–H and O–H groups in total. The summed E-state index contributed by atoms with van der Waals surface area (Å²) in [5.41, 5.74) is 1.29. The summed E-state index contributed by atoms with van der Waals surface area (Å²) in [5, 5.41) is 0.114. The third-order valence-corrected chi connectivity index (χ3v) is 7.16. The molecule has 0 aromatic heterocycles. The first-order valence-electron chi connectivity index (χ1n) is 10.8. The molecular formula is C24H30ClNO5S. The van der Waals surface area contributed by atoms with Crippen molar-refractivity contribution in [3.63, 3.8) is 0 Å². The van der Waals surface area contributed by atoms with Gasteiger partial charge < -0.3 is 13.8 Å². The molecule has 0 unspecified atom stereocenters. The molecule has 1 fully saturated rings. The summed E-state index contributed by atoms with van der Waals surface area (Å²) in [6, 6.07) is 11.7. The van der Waals surface area contributed by atoms with Crippen LogP contribution in [0, 0.1) is 12.8 Å². The van der Waals surface area contributed by atoms with Crippen LogP contribution in [0.5, 0.6) is 5.75 Å². The van der Waals surface area contributed by atoms with Gasteiger partial charge in [0.1, 0.15) is 10.6 Å². The Morgan fingerprint density at radius 3 is 2.66 bits per heavy atom. The standard InChI is InChI=1S/C24H30ClNO5S/c1-17(2)13-23(27)26(16-21-10-6-12-30-21)15-19-8-5-9-20(14-19)31-32(28,29)24-18(3)7-4-11-22(24)25/h4-5,7-9,11,14,17,21H,6,10,12-13,15-16H2,1-3H3/t21-/m0/s1. The van der Waals surface area contributed by atoms with Gasteiger partial charge in [-0.05, 0) is 55.0 Å². The zero-order valence-electron chi connectivity index (χ0n) is 18.7. The highest BCUT2D eigenvalue weighted by atomic mass is 35.5. The number of aryl methyl sites for hydroxylation is 1. The van der Waals surface area contributed by atoms with Crippen molar-refractivity contribution in [3.8, 4) is 5.75 Å². The van der Waals surface area contributed by atoms with E-state index in [1.54, 1.807) is 42.2 Å². The van der Waals surface area contributed by atoms with Gasteiger partial charge in [0, 0.05) is 26.1 Å². The van der Waals surface area contributed by atoms with E-state index >= 15 is 0 Å². The number of carbonyl (C=O) groups excluding carboxylic acids is 1. The number of amides is 1. The molecule has 0 spiro atoms. The van der Waals surface area contributed by atoms with Crippen LogP contribution in [-0.2, 0) is 26.2 Å². The second kappa shape index (κ2) is 10.7. The van der Waals surface area contributed by atoms with Crippen LogP contribution >= 0.6 is 11.6 Å². The Balaban J connectivity index is 1.79. The first-order valence-corrected chi connectivity index (χ1v) is 12.6. The predicted molar refractivity (Wildman–Crippen MR) is 124 cm³/mol. The van der Waals surface area contributed by atoms with E-state index in [0.717, 1.165) is 25.0 Å². The molecule has 3 rings (SSSR count). The molecule has 0 saturated carbocycles. The van der Waals surface area contributed by atoms with E-state index in [9.17, 15) is 13.2 Å². The first-order chi connectivity index (χ1) is 15.2. The van der Waals surface area contributed by atoms with Crippen molar-refractivity contribution in [3.05, 3.63) is 58.6 Å². The molecule has 0 radical (unpaired) electrons. The van der Waals surface area contributed by atoms with Gasteiger partial charge in [0.2, 0.25) is 5.91 Å². The Labute approximate surface area is 195 Å². The summed E-state index contributed by atoms with van der Waals surface area (Å²) in [7, 11) is -4.10. The summed E-state index contributed by atoms with van der Waals surface area (Å²) in [6.45, 7) is 7.29. The summed E-state index contributed by atoms with van der Waals surface area (Å²) >= 11 is 6.12. The van der Waals surface area contributed by atoms with Crippen LogP contribution in [0.2, 0.25) is 5.02 Å². The predicted octanol–water partition coefficient (Wildman–Crippen LogP) is 4.97. The largest absolute Gasteiger partial charge is 0.379 e. The van der Waals surface area contributed by atoms with Crippen molar-refractivity contribution < 1.29 is 22.1 Å². The topological polar surface area (TPSA) is 72.9 Å². The van der Waals surface area contributed by atoms with E-state index < -0.39 is 10.1 Å². The maximum atomic E-state index is 12.8. The van der Waals surface area contributed by atoms with Gasteiger partial charge in [0.15, 0.2) is 0 Å². The van der Waals surface area contributed by atoms with Gasteiger partial charge in [-0.15, -0.1) is 0 Å². The molecule has 1 aliphatic rings. The number of rotatable bonds is 9. The van der Waals surface area contributed by atoms with E-state index in [2.05, 4.69) is 0 Å². The van der Waals surface area contributed by atoms with Crippen molar-refractivity contribution in [2.24, 2.45) is 5.92 Å². The fourth-order valence-electron chi connectivity index (χ4n) is 3.78. The zero-order valence-corrected chi connectivity index (χ0v) is 20.3. The van der Waals surface area contributed by atoms with Gasteiger partial charge in [-0.2, -0.15) is 8.42 Å². The number of hydrogen-bond donors (Lipinski definition) is 0. The van der Waals surface area contributed by atoms with Crippen LogP contribution in [0.15, 0.2) is 47.4 Å². The molecule has 1 heterocycles. The minimum atomic E-state index is -4.10. The molecule has 1 amide bonds. The third-order valence-electron chi connectivity index (χ3n) is 5.28. The van der Waals surface area contributed by atoms with Gasteiger partial charge in [-0.25, -0.2) is 0 Å². The lowest BCUT2D eigenvalue weighted by Crippen LogP contribution is -2.37. The van der Waals surface area contributed by atoms with Crippen LogP contribution < -0.4 is 4.18 Å². The van der Waals surface area contributed by atoms with Crippen LogP contribution in [-0.4, -0.2) is 38.5 Å². The maximum Gasteiger partial charge on any atom is 0.340 e. The molecule has 6 nitrogen and oxygen atoms in total. The van der Waals surface area contributed by atoms with E-state index in [4.69, 9.17) is 20.5 Å². The van der Waals surface area contributed by atoms with Gasteiger partial charge >= 0.3 is 10.1 Å². The van der Waals surface area contributed by atoms with Crippen molar-refractivity contribution in [2.45, 2.75) is 57.6 Å². The van der Waals surface area contributed by atoms with Crippen molar-refractivity contribution in [2.75, 3.05) is 13.2 Å². The zero-order chi connectivity index (χ0) is 23.3. The molecule has 1 atom stereocenters. The van der Waals surface area contributed by atoms with Crippen molar-refractivity contribution in [1.29, 1.82) is 0 Å². The molecule has 1 aliphatic heterocycles. The van der Waals surface area contributed by atoms with Gasteiger partial charge in [0.25, 0.3) is 0 Å². The molecule has 1 saturated heterocycles. The number of nitrogens with zero attached hydrogens (tertiary/aromatic N) is 1. The van der Waals surface area contributed by atoms with Crippen molar-refractivity contribution >= 4 is 27.6 Å². The Hall–Kier alpha value is -2.09. The molecule has 174 valence electrons. The van der Waals surface area contributed by atoms with Crippen LogP contribution in [0.1, 0.15) is 44.2 Å². The second-order valence-corrected chi connectivity index (χ2v) is 10.5. The SMILES string of the molecule is Cc1cccc(Cl)c1S(=O)(=O)Oc1cccc(CN(C[C@@H]2CCCO2)C(=O)CC(C)C)c1. The molecule has 2 aromatic carbocycles. The normalized spacial score (nSPS) is 16.3. The Kier molecular flexibility index (Phi) is 8.20. The fourth-order valence-corrected chi connectivity index (χ4v) is 5.50. The highest BCUT2D eigenvalue weighted by Crippen LogP contribution is 2.28. The number of hydrogen-bond acceptors (Lipinski definition) is 5.